The zero-order chi connectivity index (χ0) is 15.0. The molecule has 2 unspecified atom stereocenters. The van der Waals surface area contributed by atoms with Gasteiger partial charge in [-0.15, -0.1) is 0 Å². The van der Waals surface area contributed by atoms with E-state index in [-0.39, 0.29) is 30.3 Å². The molecule has 0 spiro atoms. The summed E-state index contributed by atoms with van der Waals surface area (Å²) in [5.74, 6) is -0.224. The van der Waals surface area contributed by atoms with Crippen LogP contribution in [0.4, 0.5) is 0 Å². The molecule has 1 aliphatic heterocycles. The second kappa shape index (κ2) is 8.51. The minimum absolute atomic E-state index is 0.0491. The van der Waals surface area contributed by atoms with Gasteiger partial charge in [0.2, 0.25) is 11.8 Å². The number of hydrogen-bond donors (Lipinski definition) is 4. The van der Waals surface area contributed by atoms with Gasteiger partial charge in [-0.25, -0.2) is 0 Å². The minimum Gasteiger partial charge on any atom is -0.343 e. The lowest BCUT2D eigenvalue weighted by molar-refractivity contribution is -0.130. The van der Waals surface area contributed by atoms with Crippen LogP contribution in [0, 0.1) is 17.2 Å². The van der Waals surface area contributed by atoms with Crippen LogP contribution in [0.5, 0.6) is 0 Å². The molecule has 112 valence electrons. The Labute approximate surface area is 119 Å². The number of amides is 2. The molecule has 1 saturated heterocycles. The summed E-state index contributed by atoms with van der Waals surface area (Å²) in [6, 6.07) is 0.941. The third-order valence-electron chi connectivity index (χ3n) is 3.04. The molecule has 0 aromatic carbocycles. The van der Waals surface area contributed by atoms with E-state index >= 15 is 0 Å². The number of carbonyl (C=O) groups is 2. The number of hydrogen-bond acceptors (Lipinski definition) is 5. The number of nitriles is 1. The molecule has 0 aliphatic carbocycles. The molecule has 20 heavy (non-hydrogen) atoms. The van der Waals surface area contributed by atoms with Crippen LogP contribution in [0.25, 0.3) is 0 Å². The van der Waals surface area contributed by atoms with Crippen LogP contribution in [0.3, 0.4) is 0 Å². The van der Waals surface area contributed by atoms with Gasteiger partial charge in [-0.2, -0.15) is 5.26 Å². The summed E-state index contributed by atoms with van der Waals surface area (Å²) in [5, 5.41) is 20.0. The fourth-order valence-electron chi connectivity index (χ4n) is 2.06. The summed E-state index contributed by atoms with van der Waals surface area (Å²) < 4.78 is 0. The molecule has 0 saturated carbocycles. The monoisotopic (exact) mass is 281 g/mol. The van der Waals surface area contributed by atoms with E-state index in [4.69, 9.17) is 5.26 Å². The van der Waals surface area contributed by atoms with Crippen LogP contribution in [-0.2, 0) is 9.59 Å². The maximum Gasteiger partial charge on any atom is 0.243 e. The lowest BCUT2D eigenvalue weighted by Crippen LogP contribution is -2.59. The average molecular weight is 281 g/mol. The van der Waals surface area contributed by atoms with Crippen molar-refractivity contribution in [3.63, 3.8) is 0 Å². The maximum absolute atomic E-state index is 12.1. The third kappa shape index (κ3) is 5.55. The fourth-order valence-corrected chi connectivity index (χ4v) is 2.06. The van der Waals surface area contributed by atoms with Crippen LogP contribution in [0.15, 0.2) is 0 Å². The van der Waals surface area contributed by atoms with Crippen molar-refractivity contribution in [2.24, 2.45) is 5.92 Å². The van der Waals surface area contributed by atoms with Crippen LogP contribution >= 0.6 is 0 Å². The summed E-state index contributed by atoms with van der Waals surface area (Å²) in [6.07, 6.45) is 0.545. The highest BCUT2D eigenvalue weighted by Gasteiger charge is 2.26. The smallest absolute Gasteiger partial charge is 0.243 e. The predicted octanol–water partition coefficient (Wildman–Crippen LogP) is -1.28. The van der Waals surface area contributed by atoms with Crippen molar-refractivity contribution in [3.8, 4) is 6.07 Å². The Balaban J connectivity index is 2.56. The molecule has 0 radical (unpaired) electrons. The molecule has 0 aromatic rings. The number of rotatable bonds is 6. The first kappa shape index (κ1) is 16.4. The molecular formula is C13H23N5O2. The molecule has 2 atom stereocenters. The van der Waals surface area contributed by atoms with Crippen molar-refractivity contribution in [2.45, 2.75) is 32.4 Å². The molecular weight excluding hydrogens is 258 g/mol. The van der Waals surface area contributed by atoms with Crippen molar-refractivity contribution >= 4 is 11.8 Å². The quantitative estimate of drug-likeness (QED) is 0.454. The Kier molecular flexibility index (Phi) is 6.98. The molecule has 1 heterocycles. The molecule has 2 amide bonds. The molecule has 0 bridgehead atoms. The van der Waals surface area contributed by atoms with E-state index < -0.39 is 6.04 Å². The number of piperazine rings is 1. The highest BCUT2D eigenvalue weighted by molar-refractivity contribution is 5.90. The maximum atomic E-state index is 12.1. The summed E-state index contributed by atoms with van der Waals surface area (Å²) in [6.45, 7) is 6.04. The molecule has 7 heteroatoms. The first-order valence-electron chi connectivity index (χ1n) is 6.93. The van der Waals surface area contributed by atoms with Crippen molar-refractivity contribution in [2.75, 3.05) is 26.2 Å². The predicted molar refractivity (Wildman–Crippen MR) is 74.7 cm³/mol. The highest BCUT2D eigenvalue weighted by Crippen LogP contribution is 2.05. The molecule has 4 N–H and O–H groups in total. The van der Waals surface area contributed by atoms with Crippen LogP contribution < -0.4 is 21.3 Å². The standard InChI is InChI=1S/C13H23N5O2/c1-9(2)7-10(12(19)17-4-3-14)18-13(20)11-8-15-5-6-16-11/h9-11,15-16H,4-8H2,1-2H3,(H,17,19)(H,18,20). The van der Waals surface area contributed by atoms with Gasteiger partial charge in [0.15, 0.2) is 0 Å². The van der Waals surface area contributed by atoms with Gasteiger partial charge in [0.1, 0.15) is 12.6 Å². The van der Waals surface area contributed by atoms with E-state index in [1.807, 2.05) is 19.9 Å². The average Bonchev–Trinajstić information content (AvgIpc) is 2.44. The second-order valence-electron chi connectivity index (χ2n) is 5.28. The van der Waals surface area contributed by atoms with Crippen LogP contribution in [0.1, 0.15) is 20.3 Å². The topological polar surface area (TPSA) is 106 Å². The van der Waals surface area contributed by atoms with Crippen molar-refractivity contribution in [1.82, 2.24) is 21.3 Å². The van der Waals surface area contributed by atoms with Crippen LogP contribution in [0.2, 0.25) is 0 Å². The van der Waals surface area contributed by atoms with Gasteiger partial charge in [0, 0.05) is 19.6 Å². The Bertz CT molecular complexity index is 371. The lowest BCUT2D eigenvalue weighted by atomic mass is 10.0. The van der Waals surface area contributed by atoms with Gasteiger partial charge in [-0.3, -0.25) is 9.59 Å². The molecule has 1 aliphatic rings. The zero-order valence-corrected chi connectivity index (χ0v) is 12.0. The first-order chi connectivity index (χ1) is 9.54. The number of carbonyl (C=O) groups excluding carboxylic acids is 2. The van der Waals surface area contributed by atoms with E-state index in [0.717, 1.165) is 13.1 Å². The summed E-state index contributed by atoms with van der Waals surface area (Å²) >= 11 is 0. The van der Waals surface area contributed by atoms with E-state index in [9.17, 15) is 9.59 Å². The minimum atomic E-state index is -0.598. The van der Waals surface area contributed by atoms with Crippen molar-refractivity contribution in [3.05, 3.63) is 0 Å². The summed E-state index contributed by atoms with van der Waals surface area (Å²) in [4.78, 5) is 24.1. The van der Waals surface area contributed by atoms with Crippen LogP contribution in [-0.4, -0.2) is 50.1 Å². The van der Waals surface area contributed by atoms with Gasteiger partial charge in [0.25, 0.3) is 0 Å². The molecule has 1 fully saturated rings. The first-order valence-corrected chi connectivity index (χ1v) is 6.93. The Morgan fingerprint density at radius 1 is 1.40 bits per heavy atom. The Hall–Kier alpha value is -1.65. The highest BCUT2D eigenvalue weighted by atomic mass is 16.2. The Morgan fingerprint density at radius 2 is 2.15 bits per heavy atom. The van der Waals surface area contributed by atoms with Gasteiger partial charge >= 0.3 is 0 Å². The van der Waals surface area contributed by atoms with Gasteiger partial charge in [0.05, 0.1) is 12.1 Å². The number of nitrogens with zero attached hydrogens (tertiary/aromatic N) is 1. The van der Waals surface area contributed by atoms with Gasteiger partial charge in [-0.1, -0.05) is 13.8 Å². The lowest BCUT2D eigenvalue weighted by Gasteiger charge is -2.26. The van der Waals surface area contributed by atoms with Crippen molar-refractivity contribution in [1.29, 1.82) is 5.26 Å². The molecule has 0 aromatic heterocycles. The van der Waals surface area contributed by atoms with Gasteiger partial charge < -0.3 is 21.3 Å². The van der Waals surface area contributed by atoms with Gasteiger partial charge in [-0.05, 0) is 12.3 Å². The third-order valence-corrected chi connectivity index (χ3v) is 3.04. The fraction of sp³-hybridized carbons (Fsp3) is 0.769. The number of nitrogens with one attached hydrogen (secondary N) is 4. The normalized spacial score (nSPS) is 20.0. The second-order valence-corrected chi connectivity index (χ2v) is 5.28. The SMILES string of the molecule is CC(C)CC(NC(=O)C1CNCCN1)C(=O)NCC#N. The van der Waals surface area contributed by atoms with Crippen molar-refractivity contribution < 1.29 is 9.59 Å². The molecule has 7 nitrogen and oxygen atoms in total. The zero-order valence-electron chi connectivity index (χ0n) is 12.0. The van der Waals surface area contributed by atoms with E-state index in [1.165, 1.54) is 0 Å². The van der Waals surface area contributed by atoms with E-state index in [1.54, 1.807) is 0 Å². The largest absolute Gasteiger partial charge is 0.343 e. The van der Waals surface area contributed by atoms with E-state index in [2.05, 4.69) is 21.3 Å². The summed E-state index contributed by atoms with van der Waals surface area (Å²) in [5.41, 5.74) is 0. The Morgan fingerprint density at radius 3 is 2.70 bits per heavy atom. The molecule has 1 rings (SSSR count). The summed E-state index contributed by atoms with van der Waals surface area (Å²) in [7, 11) is 0. The van der Waals surface area contributed by atoms with E-state index in [0.29, 0.717) is 13.0 Å².